The van der Waals surface area contributed by atoms with Crippen LogP contribution in [0, 0.1) is 11.8 Å². The molecule has 2 unspecified atom stereocenters. The van der Waals surface area contributed by atoms with Crippen LogP contribution in [0.4, 0.5) is 0 Å². The maximum atomic E-state index is 10.5. The number of hydrogen-bond donors (Lipinski definition) is 1. The number of carboxylic acid groups (broad SMARTS) is 1. The van der Waals surface area contributed by atoms with Gasteiger partial charge in [-0.05, 0) is 12.3 Å². The molecule has 0 heterocycles. The zero-order valence-corrected chi connectivity index (χ0v) is 7.37. The summed E-state index contributed by atoms with van der Waals surface area (Å²) in [5.41, 5.74) is 0. The topological polar surface area (TPSA) is 80.7 Å². The van der Waals surface area contributed by atoms with Crippen LogP contribution in [0.1, 0.15) is 6.42 Å². The first-order valence-corrected chi connectivity index (χ1v) is 5.29. The Morgan fingerprint density at radius 1 is 1.67 bits per heavy atom. The molecule has 12 heavy (non-hydrogen) atoms. The zero-order chi connectivity index (χ0) is 9.35. The van der Waals surface area contributed by atoms with Crippen molar-refractivity contribution in [2.24, 2.45) is 11.8 Å². The average molecular weight is 194 g/mol. The van der Waals surface area contributed by atoms with Crippen LogP contribution in [0.15, 0.2) is 0 Å². The van der Waals surface area contributed by atoms with Crippen molar-refractivity contribution >= 4 is 16.1 Å². The summed E-state index contributed by atoms with van der Waals surface area (Å²) >= 11 is 0. The van der Waals surface area contributed by atoms with Crippen LogP contribution < -0.4 is 0 Å². The Kier molecular flexibility index (Phi) is 2.39. The van der Waals surface area contributed by atoms with Crippen molar-refractivity contribution in [3.8, 4) is 0 Å². The van der Waals surface area contributed by atoms with Crippen molar-refractivity contribution in [3.05, 3.63) is 0 Å². The Hall–Kier alpha value is -0.620. The molecule has 0 aromatic carbocycles. The lowest BCUT2D eigenvalue weighted by molar-refractivity contribution is -0.138. The van der Waals surface area contributed by atoms with Gasteiger partial charge in [-0.2, -0.15) is 8.42 Å². The fraction of sp³-hybridized carbons (Fsp3) is 0.833. The summed E-state index contributed by atoms with van der Waals surface area (Å²) in [5, 5.41) is 8.45. The first-order chi connectivity index (χ1) is 5.40. The second-order valence-electron chi connectivity index (χ2n) is 2.93. The summed E-state index contributed by atoms with van der Waals surface area (Å²) in [6.45, 7) is -0.00417. The maximum Gasteiger partial charge on any atom is 0.306 e. The highest BCUT2D eigenvalue weighted by molar-refractivity contribution is 7.85. The zero-order valence-electron chi connectivity index (χ0n) is 6.56. The van der Waals surface area contributed by atoms with E-state index in [4.69, 9.17) is 5.11 Å². The van der Waals surface area contributed by atoms with Crippen molar-refractivity contribution in [2.75, 3.05) is 12.9 Å². The minimum Gasteiger partial charge on any atom is -0.481 e. The predicted octanol–water partition coefficient (Wildman–Crippen LogP) is -0.317. The lowest BCUT2D eigenvalue weighted by Crippen LogP contribution is -2.08. The van der Waals surface area contributed by atoms with Gasteiger partial charge in [0.05, 0.1) is 18.8 Å². The highest BCUT2D eigenvalue weighted by Crippen LogP contribution is 2.38. The SMILES string of the molecule is CS(=O)(=O)OCC1CC1C(=O)O. The van der Waals surface area contributed by atoms with E-state index in [1.54, 1.807) is 0 Å². The Balaban J connectivity index is 2.25. The fourth-order valence-corrected chi connectivity index (χ4v) is 1.37. The smallest absolute Gasteiger partial charge is 0.306 e. The Morgan fingerprint density at radius 3 is 2.58 bits per heavy atom. The number of rotatable bonds is 4. The van der Waals surface area contributed by atoms with Crippen LogP contribution in [-0.4, -0.2) is 32.4 Å². The van der Waals surface area contributed by atoms with Crippen LogP contribution in [0.5, 0.6) is 0 Å². The molecule has 2 atom stereocenters. The van der Waals surface area contributed by atoms with Crippen molar-refractivity contribution in [3.63, 3.8) is 0 Å². The third-order valence-electron chi connectivity index (χ3n) is 1.74. The molecule has 1 aliphatic rings. The molecule has 1 N–H and O–H groups in total. The van der Waals surface area contributed by atoms with E-state index in [0.29, 0.717) is 6.42 Å². The van der Waals surface area contributed by atoms with E-state index in [0.717, 1.165) is 6.26 Å². The van der Waals surface area contributed by atoms with Crippen molar-refractivity contribution in [1.29, 1.82) is 0 Å². The molecule has 5 nitrogen and oxygen atoms in total. The van der Waals surface area contributed by atoms with Gasteiger partial charge in [0.1, 0.15) is 0 Å². The molecule has 1 fully saturated rings. The second-order valence-corrected chi connectivity index (χ2v) is 4.57. The molecule has 70 valence electrons. The summed E-state index contributed by atoms with van der Waals surface area (Å²) in [4.78, 5) is 10.3. The molecule has 0 aromatic rings. The summed E-state index contributed by atoms with van der Waals surface area (Å²) in [5.74, 6) is -1.42. The van der Waals surface area contributed by atoms with Crippen molar-refractivity contribution < 1.29 is 22.5 Å². The van der Waals surface area contributed by atoms with E-state index >= 15 is 0 Å². The largest absolute Gasteiger partial charge is 0.481 e. The summed E-state index contributed by atoms with van der Waals surface area (Å²) < 4.78 is 25.4. The van der Waals surface area contributed by atoms with E-state index in [9.17, 15) is 13.2 Å². The van der Waals surface area contributed by atoms with Gasteiger partial charge in [0.15, 0.2) is 0 Å². The van der Waals surface area contributed by atoms with E-state index in [2.05, 4.69) is 4.18 Å². The van der Waals surface area contributed by atoms with E-state index in [-0.39, 0.29) is 12.5 Å². The van der Waals surface area contributed by atoms with E-state index in [1.165, 1.54) is 0 Å². The molecular weight excluding hydrogens is 184 g/mol. The molecule has 0 spiro atoms. The molecule has 0 aromatic heterocycles. The second kappa shape index (κ2) is 3.02. The van der Waals surface area contributed by atoms with Gasteiger partial charge in [-0.1, -0.05) is 0 Å². The predicted molar refractivity (Wildman–Crippen MR) is 40.0 cm³/mol. The lowest BCUT2D eigenvalue weighted by atomic mass is 10.3. The number of carbonyl (C=O) groups is 1. The normalized spacial score (nSPS) is 28.4. The molecule has 1 rings (SSSR count). The fourth-order valence-electron chi connectivity index (χ4n) is 0.945. The molecule has 0 amide bonds. The molecule has 6 heteroatoms. The lowest BCUT2D eigenvalue weighted by Gasteiger charge is -1.97. The molecule has 1 aliphatic carbocycles. The molecule has 0 bridgehead atoms. The molecule has 0 saturated heterocycles. The maximum absolute atomic E-state index is 10.5. The van der Waals surface area contributed by atoms with Gasteiger partial charge in [0.25, 0.3) is 10.1 Å². The summed E-state index contributed by atoms with van der Waals surface area (Å²) in [7, 11) is -3.42. The monoisotopic (exact) mass is 194 g/mol. The van der Waals surface area contributed by atoms with Crippen LogP contribution in [-0.2, 0) is 19.1 Å². The highest BCUT2D eigenvalue weighted by Gasteiger charge is 2.43. The minimum atomic E-state index is -3.42. The first kappa shape index (κ1) is 9.47. The van der Waals surface area contributed by atoms with Gasteiger partial charge < -0.3 is 5.11 Å². The van der Waals surface area contributed by atoms with Gasteiger partial charge >= 0.3 is 5.97 Å². The highest BCUT2D eigenvalue weighted by atomic mass is 32.2. The van der Waals surface area contributed by atoms with Gasteiger partial charge in [-0.3, -0.25) is 8.98 Å². The molecule has 1 saturated carbocycles. The van der Waals surface area contributed by atoms with Gasteiger partial charge in [0, 0.05) is 0 Å². The van der Waals surface area contributed by atoms with E-state index in [1.807, 2.05) is 0 Å². The first-order valence-electron chi connectivity index (χ1n) is 3.47. The molecule has 0 radical (unpaired) electrons. The Morgan fingerprint density at radius 2 is 2.25 bits per heavy atom. The third kappa shape index (κ3) is 2.78. The minimum absolute atomic E-state index is 0.00417. The van der Waals surface area contributed by atoms with Crippen molar-refractivity contribution in [1.82, 2.24) is 0 Å². The van der Waals surface area contributed by atoms with Gasteiger partial charge in [-0.15, -0.1) is 0 Å². The number of carboxylic acids is 1. The summed E-state index contributed by atoms with van der Waals surface area (Å²) in [6.07, 6.45) is 1.47. The standard InChI is InChI=1S/C6H10O5S/c1-12(9,10)11-3-4-2-5(4)6(7)8/h4-5H,2-3H2,1H3,(H,7,8). The van der Waals surface area contributed by atoms with Crippen LogP contribution >= 0.6 is 0 Å². The van der Waals surface area contributed by atoms with E-state index < -0.39 is 22.0 Å². The Bertz CT molecular complexity index is 280. The third-order valence-corrected chi connectivity index (χ3v) is 2.30. The van der Waals surface area contributed by atoms with Gasteiger partial charge in [-0.25, -0.2) is 0 Å². The van der Waals surface area contributed by atoms with Crippen LogP contribution in [0.3, 0.4) is 0 Å². The van der Waals surface area contributed by atoms with Crippen molar-refractivity contribution in [2.45, 2.75) is 6.42 Å². The van der Waals surface area contributed by atoms with Crippen LogP contribution in [0.2, 0.25) is 0 Å². The Labute approximate surface area is 70.5 Å². The number of hydrogen-bond acceptors (Lipinski definition) is 4. The summed E-state index contributed by atoms with van der Waals surface area (Å²) in [6, 6.07) is 0. The molecule has 0 aliphatic heterocycles. The van der Waals surface area contributed by atoms with Gasteiger partial charge in [0.2, 0.25) is 0 Å². The van der Waals surface area contributed by atoms with Crippen LogP contribution in [0.25, 0.3) is 0 Å². The average Bonchev–Trinajstić information content (AvgIpc) is 2.59. The quantitative estimate of drug-likeness (QED) is 0.620. The molecular formula is C6H10O5S. The number of aliphatic carboxylic acids is 1.